The molecule has 0 unspecified atom stereocenters. The number of carbonyl (C=O) groups is 4. The van der Waals surface area contributed by atoms with Crippen molar-refractivity contribution in [3.63, 3.8) is 0 Å². The molecule has 1 saturated carbocycles. The monoisotopic (exact) mass is 582 g/mol. The van der Waals surface area contributed by atoms with Crippen molar-refractivity contribution in [3.8, 4) is 0 Å². The Balaban J connectivity index is 1.21. The average Bonchev–Trinajstić information content (AvgIpc) is 3.13. The van der Waals surface area contributed by atoms with Crippen molar-refractivity contribution in [2.24, 2.45) is 29.6 Å². The maximum atomic E-state index is 12.7. The van der Waals surface area contributed by atoms with E-state index < -0.39 is 41.9 Å². The summed E-state index contributed by atoms with van der Waals surface area (Å²) in [5.74, 6) is -2.61. The van der Waals surface area contributed by atoms with Crippen LogP contribution in [0.15, 0.2) is 0 Å². The Bertz CT molecular complexity index is 991. The summed E-state index contributed by atoms with van der Waals surface area (Å²) in [4.78, 5) is 60.3. The number of ether oxygens (including phenoxy) is 3. The highest BCUT2D eigenvalue weighted by Crippen LogP contribution is 2.60. The van der Waals surface area contributed by atoms with Crippen LogP contribution in [0.2, 0.25) is 0 Å². The van der Waals surface area contributed by atoms with Crippen LogP contribution in [0.5, 0.6) is 0 Å². The number of fused-ring (bicyclic) bond motifs is 2. The second-order valence-corrected chi connectivity index (χ2v) is 12.8. The highest BCUT2D eigenvalue weighted by molar-refractivity contribution is 5.83. The van der Waals surface area contributed by atoms with Crippen molar-refractivity contribution in [3.05, 3.63) is 0 Å². The molecule has 5 fully saturated rings. The SMILES string of the molecule is CC(C)C[C@H](NC(=O)CCCNC(=O)CCC(=O)O[C@@H]1O[C@H]2O[C@]3(C)CC[C@H]4[C@H](C)CC[C@H]([C@@H]1C)[C@@]24OO3)C(=O)O. The molecule has 5 rings (SSSR count). The number of aliphatic carboxylic acids is 1. The summed E-state index contributed by atoms with van der Waals surface area (Å²) in [6.07, 6.45) is 2.56. The fraction of sp³-hybridized carbons (Fsp3) is 0.862. The van der Waals surface area contributed by atoms with Gasteiger partial charge in [-0.2, -0.15) is 0 Å². The molecule has 232 valence electrons. The number of carbonyl (C=O) groups excluding carboxylic acids is 3. The van der Waals surface area contributed by atoms with E-state index in [-0.39, 0.29) is 61.3 Å². The molecule has 0 aromatic rings. The third kappa shape index (κ3) is 7.03. The highest BCUT2D eigenvalue weighted by Gasteiger charge is 2.69. The van der Waals surface area contributed by atoms with Crippen LogP contribution in [0.25, 0.3) is 0 Å². The summed E-state index contributed by atoms with van der Waals surface area (Å²) in [6.45, 7) is 10.1. The van der Waals surface area contributed by atoms with Gasteiger partial charge in [-0.05, 0) is 56.8 Å². The lowest BCUT2D eigenvalue weighted by Crippen LogP contribution is -2.70. The van der Waals surface area contributed by atoms with E-state index in [9.17, 15) is 24.3 Å². The molecule has 4 aliphatic heterocycles. The first-order valence-corrected chi connectivity index (χ1v) is 15.0. The highest BCUT2D eigenvalue weighted by atomic mass is 17.3. The Kier molecular flexibility index (Phi) is 9.98. The fourth-order valence-electron chi connectivity index (χ4n) is 6.94. The van der Waals surface area contributed by atoms with E-state index in [1.54, 1.807) is 0 Å². The van der Waals surface area contributed by atoms with Gasteiger partial charge in [-0.15, -0.1) is 0 Å². The standard InChI is InChI=1S/C29H46N2O10/c1-16(2)15-21(25(35)36)31-23(33)7-6-14-30-22(32)10-11-24(34)37-26-18(4)20-9-8-17(3)19-12-13-28(5)39-27(38-26)29(19,20)41-40-28/h16-21,26-27H,6-15H2,1-5H3,(H,30,32)(H,31,33)(H,35,36)/t17-,18+,19+,20-,21+,26-,27+,28+,29-/m1/s1. The zero-order valence-corrected chi connectivity index (χ0v) is 24.8. The van der Waals surface area contributed by atoms with Gasteiger partial charge in [0.2, 0.25) is 23.9 Å². The summed E-state index contributed by atoms with van der Waals surface area (Å²) < 4.78 is 18.3. The number of rotatable bonds is 12. The minimum atomic E-state index is -1.07. The zero-order chi connectivity index (χ0) is 29.9. The number of hydrogen-bond donors (Lipinski definition) is 3. The molecular weight excluding hydrogens is 536 g/mol. The number of esters is 1. The topological polar surface area (TPSA) is 159 Å². The lowest BCUT2D eigenvalue weighted by molar-refractivity contribution is -0.576. The molecule has 4 heterocycles. The predicted molar refractivity (Wildman–Crippen MR) is 143 cm³/mol. The molecule has 2 bridgehead atoms. The summed E-state index contributed by atoms with van der Waals surface area (Å²) in [6, 6.07) is -0.930. The van der Waals surface area contributed by atoms with Gasteiger partial charge in [-0.1, -0.05) is 27.7 Å². The Labute approximate surface area is 241 Å². The van der Waals surface area contributed by atoms with Crippen molar-refractivity contribution < 1.29 is 48.3 Å². The van der Waals surface area contributed by atoms with Crippen LogP contribution < -0.4 is 10.6 Å². The van der Waals surface area contributed by atoms with Crippen molar-refractivity contribution in [2.75, 3.05) is 6.54 Å². The molecule has 5 aliphatic rings. The summed E-state index contributed by atoms with van der Waals surface area (Å²) >= 11 is 0. The number of nitrogens with one attached hydrogen (secondary N) is 2. The Hall–Kier alpha value is -2.28. The molecule has 1 spiro atoms. The minimum Gasteiger partial charge on any atom is -0.480 e. The molecule has 1 aliphatic carbocycles. The van der Waals surface area contributed by atoms with E-state index in [0.717, 1.165) is 19.3 Å². The lowest BCUT2D eigenvalue weighted by Gasteiger charge is -2.59. The number of carboxylic acid groups (broad SMARTS) is 1. The van der Waals surface area contributed by atoms with Gasteiger partial charge in [-0.3, -0.25) is 14.4 Å². The van der Waals surface area contributed by atoms with Gasteiger partial charge in [0.1, 0.15) is 6.04 Å². The van der Waals surface area contributed by atoms with Crippen molar-refractivity contribution in [1.29, 1.82) is 0 Å². The Morgan fingerprint density at radius 1 is 1.00 bits per heavy atom. The van der Waals surface area contributed by atoms with Crippen LogP contribution >= 0.6 is 0 Å². The van der Waals surface area contributed by atoms with Crippen molar-refractivity contribution >= 4 is 23.8 Å². The molecule has 0 aromatic carbocycles. The number of hydrogen-bond acceptors (Lipinski definition) is 9. The molecule has 2 amide bonds. The first kappa shape index (κ1) is 31.7. The first-order chi connectivity index (χ1) is 19.3. The third-order valence-corrected chi connectivity index (χ3v) is 9.14. The quantitative estimate of drug-likeness (QED) is 0.177. The van der Waals surface area contributed by atoms with Crippen molar-refractivity contribution in [1.82, 2.24) is 10.6 Å². The van der Waals surface area contributed by atoms with Crippen LogP contribution in [0.4, 0.5) is 0 Å². The van der Waals surface area contributed by atoms with E-state index in [2.05, 4.69) is 17.6 Å². The molecule has 4 saturated heterocycles. The summed E-state index contributed by atoms with van der Waals surface area (Å²) in [5.41, 5.74) is -0.740. The van der Waals surface area contributed by atoms with Gasteiger partial charge < -0.3 is 30.0 Å². The first-order valence-electron chi connectivity index (χ1n) is 15.0. The maximum absolute atomic E-state index is 12.7. The third-order valence-electron chi connectivity index (χ3n) is 9.14. The second-order valence-electron chi connectivity index (χ2n) is 12.8. The van der Waals surface area contributed by atoms with Crippen LogP contribution in [-0.4, -0.2) is 65.4 Å². The van der Waals surface area contributed by atoms with Gasteiger partial charge >= 0.3 is 11.9 Å². The smallest absolute Gasteiger partial charge is 0.326 e. The fourth-order valence-corrected chi connectivity index (χ4v) is 6.94. The van der Waals surface area contributed by atoms with Crippen LogP contribution in [-0.2, 0) is 43.2 Å². The normalized spacial score (nSPS) is 36.5. The Morgan fingerprint density at radius 2 is 1.76 bits per heavy atom. The molecule has 3 N–H and O–H groups in total. The van der Waals surface area contributed by atoms with Gasteiger partial charge in [0, 0.05) is 37.6 Å². The van der Waals surface area contributed by atoms with E-state index >= 15 is 0 Å². The molecule has 41 heavy (non-hydrogen) atoms. The molecule has 9 atom stereocenters. The lowest BCUT2D eigenvalue weighted by atomic mass is 9.58. The van der Waals surface area contributed by atoms with E-state index in [1.807, 2.05) is 27.7 Å². The van der Waals surface area contributed by atoms with Crippen LogP contribution in [0.3, 0.4) is 0 Å². The molecule has 0 radical (unpaired) electrons. The average molecular weight is 583 g/mol. The van der Waals surface area contributed by atoms with Gasteiger partial charge in [0.05, 0.1) is 6.42 Å². The second kappa shape index (κ2) is 12.9. The molecule has 12 heteroatoms. The number of amides is 2. The van der Waals surface area contributed by atoms with Crippen LogP contribution in [0.1, 0.15) is 92.4 Å². The van der Waals surface area contributed by atoms with E-state index in [4.69, 9.17) is 24.0 Å². The summed E-state index contributed by atoms with van der Waals surface area (Å²) in [5, 5.41) is 14.5. The van der Waals surface area contributed by atoms with Crippen LogP contribution in [0, 0.1) is 29.6 Å². The molecule has 0 aromatic heterocycles. The van der Waals surface area contributed by atoms with Gasteiger partial charge in [0.15, 0.2) is 11.9 Å². The van der Waals surface area contributed by atoms with Gasteiger partial charge in [0.25, 0.3) is 0 Å². The molecular formula is C29H46N2O10. The van der Waals surface area contributed by atoms with E-state index in [0.29, 0.717) is 25.2 Å². The predicted octanol–water partition coefficient (Wildman–Crippen LogP) is 3.03. The zero-order valence-electron chi connectivity index (χ0n) is 24.8. The van der Waals surface area contributed by atoms with Gasteiger partial charge in [-0.25, -0.2) is 14.6 Å². The van der Waals surface area contributed by atoms with E-state index in [1.165, 1.54) is 0 Å². The number of carboxylic acids is 1. The van der Waals surface area contributed by atoms with Crippen molar-refractivity contribution in [2.45, 2.75) is 122 Å². The Morgan fingerprint density at radius 3 is 2.46 bits per heavy atom. The largest absolute Gasteiger partial charge is 0.480 e. The minimum absolute atomic E-state index is 0.0274. The maximum Gasteiger partial charge on any atom is 0.326 e. The summed E-state index contributed by atoms with van der Waals surface area (Å²) in [7, 11) is 0. The molecule has 12 nitrogen and oxygen atoms in total.